The molecule has 2 heterocycles. The van der Waals surface area contributed by atoms with Crippen LogP contribution in [0.3, 0.4) is 0 Å². The normalized spacial score (nSPS) is 13.3. The van der Waals surface area contributed by atoms with Crippen molar-refractivity contribution >= 4 is 34.2 Å². The van der Waals surface area contributed by atoms with Crippen molar-refractivity contribution in [1.29, 1.82) is 0 Å². The Kier molecular flexibility index (Phi) is 5.26. The quantitative estimate of drug-likeness (QED) is 0.456. The first-order valence-electron chi connectivity index (χ1n) is 10.9. The van der Waals surface area contributed by atoms with E-state index in [1.54, 1.807) is 4.90 Å². The summed E-state index contributed by atoms with van der Waals surface area (Å²) in [5.74, 6) is -0.203. The molecular weight excluding hydrogens is 412 g/mol. The Morgan fingerprint density at radius 3 is 2.52 bits per heavy atom. The molecule has 0 radical (unpaired) electrons. The molecule has 0 bridgehead atoms. The van der Waals surface area contributed by atoms with Gasteiger partial charge in [-0.05, 0) is 55.8 Å². The van der Waals surface area contributed by atoms with Crippen LogP contribution in [-0.2, 0) is 0 Å². The van der Waals surface area contributed by atoms with Gasteiger partial charge >= 0.3 is 6.03 Å². The maximum absolute atomic E-state index is 13.3. The monoisotopic (exact) mass is 436 g/mol. The number of benzene rings is 3. The Labute approximate surface area is 192 Å². The summed E-state index contributed by atoms with van der Waals surface area (Å²) in [5.41, 5.74) is 6.89. The summed E-state index contributed by atoms with van der Waals surface area (Å²) in [6, 6.07) is 23.0. The van der Waals surface area contributed by atoms with Gasteiger partial charge in [0.1, 0.15) is 0 Å². The zero-order valence-corrected chi connectivity index (χ0v) is 18.6. The van der Waals surface area contributed by atoms with E-state index in [0.717, 1.165) is 33.4 Å². The second kappa shape index (κ2) is 8.39. The highest BCUT2D eigenvalue weighted by atomic mass is 16.2. The van der Waals surface area contributed by atoms with E-state index < -0.39 is 0 Å². The van der Waals surface area contributed by atoms with E-state index in [1.807, 2.05) is 54.6 Å². The molecule has 2 N–H and O–H groups in total. The van der Waals surface area contributed by atoms with Crippen LogP contribution in [0.15, 0.2) is 72.8 Å². The van der Waals surface area contributed by atoms with Gasteiger partial charge in [-0.2, -0.15) is 0 Å². The van der Waals surface area contributed by atoms with Crippen LogP contribution in [0.1, 0.15) is 21.5 Å². The van der Waals surface area contributed by atoms with E-state index >= 15 is 0 Å². The van der Waals surface area contributed by atoms with Gasteiger partial charge in [0, 0.05) is 35.4 Å². The van der Waals surface area contributed by atoms with Crippen molar-refractivity contribution in [2.45, 2.75) is 13.8 Å². The van der Waals surface area contributed by atoms with Crippen molar-refractivity contribution in [3.05, 3.63) is 89.5 Å². The van der Waals surface area contributed by atoms with Crippen molar-refractivity contribution in [2.75, 3.05) is 23.3 Å². The van der Waals surface area contributed by atoms with Gasteiger partial charge in [0.15, 0.2) is 0 Å². The summed E-state index contributed by atoms with van der Waals surface area (Å²) < 4.78 is 0. The molecule has 3 amide bonds. The molecule has 33 heavy (non-hydrogen) atoms. The average Bonchev–Trinajstić information content (AvgIpc) is 3.24. The lowest BCUT2D eigenvalue weighted by Crippen LogP contribution is -2.27. The molecule has 5 rings (SSSR count). The van der Waals surface area contributed by atoms with Gasteiger partial charge < -0.3 is 10.6 Å². The molecule has 6 nitrogen and oxygen atoms in total. The maximum Gasteiger partial charge on any atom is 0.321 e. The van der Waals surface area contributed by atoms with Crippen molar-refractivity contribution in [1.82, 2.24) is 10.3 Å². The predicted octanol–water partition coefficient (Wildman–Crippen LogP) is 5.30. The lowest BCUT2D eigenvalue weighted by molar-refractivity contribution is 0.102. The van der Waals surface area contributed by atoms with E-state index in [1.165, 1.54) is 5.56 Å². The number of carbonyl (C=O) groups is 2. The van der Waals surface area contributed by atoms with Crippen LogP contribution in [0, 0.1) is 13.8 Å². The number of amides is 3. The van der Waals surface area contributed by atoms with Crippen LogP contribution in [0.5, 0.6) is 0 Å². The highest BCUT2D eigenvalue weighted by molar-refractivity contribution is 6.13. The number of hydrogen-bond acceptors (Lipinski definition) is 3. The van der Waals surface area contributed by atoms with Crippen LogP contribution < -0.4 is 15.5 Å². The van der Waals surface area contributed by atoms with Crippen molar-refractivity contribution in [2.24, 2.45) is 0 Å². The van der Waals surface area contributed by atoms with Gasteiger partial charge in [0.25, 0.3) is 5.91 Å². The molecule has 0 unspecified atom stereocenters. The van der Waals surface area contributed by atoms with Crippen molar-refractivity contribution in [3.8, 4) is 11.3 Å². The van der Waals surface area contributed by atoms with Crippen LogP contribution in [0.4, 0.5) is 16.2 Å². The first kappa shape index (κ1) is 20.7. The first-order chi connectivity index (χ1) is 16.0. The second-order valence-corrected chi connectivity index (χ2v) is 8.28. The molecule has 164 valence electrons. The molecular formula is C27H24N4O2. The summed E-state index contributed by atoms with van der Waals surface area (Å²) in [6.45, 7) is 5.38. The fourth-order valence-corrected chi connectivity index (χ4v) is 4.24. The van der Waals surface area contributed by atoms with E-state index in [0.29, 0.717) is 24.3 Å². The Morgan fingerprint density at radius 2 is 1.79 bits per heavy atom. The molecule has 1 aliphatic heterocycles. The first-order valence-corrected chi connectivity index (χ1v) is 10.9. The number of fused-ring (bicyclic) bond motifs is 1. The molecule has 0 saturated carbocycles. The number of nitrogens with one attached hydrogen (secondary N) is 2. The molecule has 0 aliphatic carbocycles. The van der Waals surface area contributed by atoms with Gasteiger partial charge in [0.2, 0.25) is 0 Å². The lowest BCUT2D eigenvalue weighted by atomic mass is 9.99. The van der Waals surface area contributed by atoms with Gasteiger partial charge in [0.05, 0.1) is 16.8 Å². The number of carbonyl (C=O) groups excluding carboxylic acids is 2. The van der Waals surface area contributed by atoms with Crippen LogP contribution in [0.2, 0.25) is 0 Å². The summed E-state index contributed by atoms with van der Waals surface area (Å²) in [7, 11) is 0. The van der Waals surface area contributed by atoms with Gasteiger partial charge in [-0.15, -0.1) is 0 Å². The Morgan fingerprint density at radius 1 is 1.00 bits per heavy atom. The van der Waals surface area contributed by atoms with E-state index in [4.69, 9.17) is 4.98 Å². The Balaban J connectivity index is 1.48. The lowest BCUT2D eigenvalue weighted by Gasteiger charge is -2.15. The molecule has 1 saturated heterocycles. The number of rotatable bonds is 4. The van der Waals surface area contributed by atoms with Crippen LogP contribution >= 0.6 is 0 Å². The molecule has 3 aromatic carbocycles. The van der Waals surface area contributed by atoms with Crippen LogP contribution in [-0.4, -0.2) is 30.0 Å². The fourth-order valence-electron chi connectivity index (χ4n) is 4.24. The number of nitrogens with zero attached hydrogens (tertiary/aromatic N) is 2. The fraction of sp³-hybridized carbons (Fsp3) is 0.148. The third kappa shape index (κ3) is 4.03. The number of para-hydroxylation sites is 1. The Hall–Kier alpha value is -4.19. The summed E-state index contributed by atoms with van der Waals surface area (Å²) in [6.07, 6.45) is 0. The van der Waals surface area contributed by atoms with Crippen molar-refractivity contribution in [3.63, 3.8) is 0 Å². The van der Waals surface area contributed by atoms with Crippen molar-refractivity contribution < 1.29 is 9.59 Å². The molecule has 4 aromatic rings. The molecule has 1 aromatic heterocycles. The number of urea groups is 1. The summed E-state index contributed by atoms with van der Waals surface area (Å²) in [4.78, 5) is 31.7. The number of pyridine rings is 1. The minimum atomic E-state index is -0.203. The molecule has 6 heteroatoms. The predicted molar refractivity (Wildman–Crippen MR) is 132 cm³/mol. The largest absolute Gasteiger partial charge is 0.336 e. The highest BCUT2D eigenvalue weighted by Crippen LogP contribution is 2.28. The summed E-state index contributed by atoms with van der Waals surface area (Å²) in [5, 5.41) is 6.59. The number of aryl methyl sites for hydroxylation is 2. The van der Waals surface area contributed by atoms with E-state index in [9.17, 15) is 9.59 Å². The standard InChI is InChI=1S/C27H24N4O2/c1-17-7-12-21(18(2)15-17)25-16-23(22-5-3-4-6-24(22)30-25)26(32)29-19-8-10-20(11-9-19)31-14-13-28-27(31)33/h3-12,15-16H,13-14H2,1-2H3,(H,28,33)(H,29,32). The smallest absolute Gasteiger partial charge is 0.321 e. The van der Waals surface area contributed by atoms with Crippen LogP contribution in [0.25, 0.3) is 22.2 Å². The van der Waals surface area contributed by atoms with Gasteiger partial charge in [-0.25, -0.2) is 9.78 Å². The zero-order chi connectivity index (χ0) is 22.9. The molecule has 0 atom stereocenters. The number of anilines is 2. The minimum absolute atomic E-state index is 0.103. The SMILES string of the molecule is Cc1ccc(-c2cc(C(=O)Nc3ccc(N4CCNC4=O)cc3)c3ccccc3n2)c(C)c1. The molecule has 1 aliphatic rings. The third-order valence-electron chi connectivity index (χ3n) is 5.91. The van der Waals surface area contributed by atoms with Gasteiger partial charge in [-0.3, -0.25) is 9.69 Å². The average molecular weight is 437 g/mol. The third-order valence-corrected chi connectivity index (χ3v) is 5.91. The molecule has 0 spiro atoms. The summed E-state index contributed by atoms with van der Waals surface area (Å²) >= 11 is 0. The minimum Gasteiger partial charge on any atom is -0.336 e. The zero-order valence-electron chi connectivity index (χ0n) is 18.6. The highest BCUT2D eigenvalue weighted by Gasteiger charge is 2.21. The number of hydrogen-bond donors (Lipinski definition) is 2. The Bertz CT molecular complexity index is 1380. The topological polar surface area (TPSA) is 74.3 Å². The van der Waals surface area contributed by atoms with E-state index in [2.05, 4.69) is 42.7 Å². The number of aromatic nitrogens is 1. The van der Waals surface area contributed by atoms with Gasteiger partial charge in [-0.1, -0.05) is 42.0 Å². The second-order valence-electron chi connectivity index (χ2n) is 8.28. The van der Waals surface area contributed by atoms with E-state index in [-0.39, 0.29) is 11.9 Å². The maximum atomic E-state index is 13.3. The molecule has 1 fully saturated rings.